The number of hydrogen-bond donors (Lipinski definition) is 1. The Morgan fingerprint density at radius 3 is 2.44 bits per heavy atom. The first-order valence-corrected chi connectivity index (χ1v) is 12.0. The minimum absolute atomic E-state index is 0.0811. The quantitative estimate of drug-likeness (QED) is 0.586. The van der Waals surface area contributed by atoms with Crippen molar-refractivity contribution in [3.63, 3.8) is 0 Å². The number of phenolic OH excluding ortho intramolecular Hbond substituents is 1. The minimum Gasteiger partial charge on any atom is -0.508 e. The van der Waals surface area contributed by atoms with Gasteiger partial charge in [-0.1, -0.05) is 24.3 Å². The Morgan fingerprint density at radius 1 is 1.06 bits per heavy atom. The maximum atomic E-state index is 13.5. The number of nitrogens with zero attached hydrogens (tertiary/aromatic N) is 2. The Labute approximate surface area is 189 Å². The summed E-state index contributed by atoms with van der Waals surface area (Å²) in [5.74, 6) is -1.18. The molecule has 1 unspecified atom stereocenters. The number of hydrogen-bond acceptors (Lipinski definition) is 7. The van der Waals surface area contributed by atoms with Crippen molar-refractivity contribution in [2.75, 3.05) is 18.6 Å². The summed E-state index contributed by atoms with van der Waals surface area (Å²) in [4.78, 5) is 27.9. The molecule has 8 nitrogen and oxygen atoms in total. The molecule has 1 aliphatic rings. The van der Waals surface area contributed by atoms with E-state index >= 15 is 0 Å². The van der Waals surface area contributed by atoms with Crippen molar-refractivity contribution in [3.8, 4) is 5.75 Å². The van der Waals surface area contributed by atoms with Crippen LogP contribution in [0.25, 0.3) is 0 Å². The second-order valence-corrected chi connectivity index (χ2v) is 9.94. The summed E-state index contributed by atoms with van der Waals surface area (Å²) in [7, 11) is -2.99. The van der Waals surface area contributed by atoms with Crippen molar-refractivity contribution in [2.45, 2.75) is 17.5 Å². The molecule has 4 rings (SSSR count). The second kappa shape index (κ2) is 8.73. The van der Waals surface area contributed by atoms with Gasteiger partial charge in [0.05, 0.1) is 23.4 Å². The third kappa shape index (κ3) is 3.99. The van der Waals surface area contributed by atoms with Crippen LogP contribution < -0.4 is 4.90 Å². The Hall–Kier alpha value is -3.21. The Bertz CT molecular complexity index is 1240. The van der Waals surface area contributed by atoms with E-state index < -0.39 is 22.0 Å². The summed E-state index contributed by atoms with van der Waals surface area (Å²) in [5, 5.41) is 11.3. The van der Waals surface area contributed by atoms with Crippen LogP contribution in [0.15, 0.2) is 70.9 Å². The molecule has 2 heterocycles. The highest BCUT2D eigenvalue weighted by Gasteiger charge is 2.42. The summed E-state index contributed by atoms with van der Waals surface area (Å²) in [6.07, 6.45) is 0. The van der Waals surface area contributed by atoms with Gasteiger partial charge in [0, 0.05) is 12.2 Å². The lowest BCUT2D eigenvalue weighted by molar-refractivity contribution is -0.144. The number of carbonyl (C=O) groups excluding carboxylic acids is 2. The van der Waals surface area contributed by atoms with Gasteiger partial charge in [0.25, 0.3) is 5.91 Å². The Kier molecular flexibility index (Phi) is 6.00. The first-order valence-electron chi connectivity index (χ1n) is 9.65. The number of rotatable bonds is 4. The van der Waals surface area contributed by atoms with Crippen LogP contribution in [-0.2, 0) is 26.1 Å². The number of thiophene rings is 1. The number of methoxy groups -OCH3 is 1. The maximum absolute atomic E-state index is 13.5. The van der Waals surface area contributed by atoms with Crippen molar-refractivity contribution >= 4 is 38.9 Å². The SMILES string of the molecule is COC(=O)C1CN(C(=O)c2cccs2)c2ccccc2CN1S(=O)(=O)c1ccc(O)cc1. The molecule has 0 saturated carbocycles. The molecule has 1 N–H and O–H groups in total. The van der Waals surface area contributed by atoms with E-state index in [9.17, 15) is 23.1 Å². The van der Waals surface area contributed by atoms with E-state index in [1.807, 2.05) is 0 Å². The number of ether oxygens (including phenoxy) is 1. The first kappa shape index (κ1) is 22.0. The maximum Gasteiger partial charge on any atom is 0.326 e. The number of sulfonamides is 1. The van der Waals surface area contributed by atoms with Gasteiger partial charge in [-0.05, 0) is 47.3 Å². The number of para-hydroxylation sites is 1. The third-order valence-corrected chi connectivity index (χ3v) is 7.93. The van der Waals surface area contributed by atoms with Crippen LogP contribution in [0.5, 0.6) is 5.75 Å². The molecule has 2 aromatic carbocycles. The van der Waals surface area contributed by atoms with Crippen LogP contribution in [0.2, 0.25) is 0 Å². The van der Waals surface area contributed by atoms with Crippen LogP contribution in [0, 0.1) is 0 Å². The van der Waals surface area contributed by atoms with Gasteiger partial charge >= 0.3 is 5.97 Å². The van der Waals surface area contributed by atoms with Crippen LogP contribution in [-0.4, -0.2) is 49.4 Å². The van der Waals surface area contributed by atoms with Gasteiger partial charge in [-0.25, -0.2) is 8.42 Å². The zero-order valence-corrected chi connectivity index (χ0v) is 18.7. The fourth-order valence-electron chi connectivity index (χ4n) is 3.61. The number of anilines is 1. The lowest BCUT2D eigenvalue weighted by Crippen LogP contribution is -2.50. The summed E-state index contributed by atoms with van der Waals surface area (Å²) < 4.78 is 33.0. The third-order valence-electron chi connectivity index (χ3n) is 5.21. The second-order valence-electron chi connectivity index (χ2n) is 7.10. The van der Waals surface area contributed by atoms with E-state index in [4.69, 9.17) is 4.74 Å². The van der Waals surface area contributed by atoms with E-state index in [0.29, 0.717) is 16.1 Å². The normalized spacial score (nSPS) is 16.8. The molecule has 1 atom stereocenters. The van der Waals surface area contributed by atoms with Gasteiger partial charge in [0.1, 0.15) is 11.8 Å². The van der Waals surface area contributed by atoms with Crippen LogP contribution in [0.4, 0.5) is 5.69 Å². The van der Waals surface area contributed by atoms with E-state index in [2.05, 4.69) is 0 Å². The zero-order valence-electron chi connectivity index (χ0n) is 17.0. The highest BCUT2D eigenvalue weighted by molar-refractivity contribution is 7.89. The van der Waals surface area contributed by atoms with Gasteiger partial charge in [-0.3, -0.25) is 9.59 Å². The van der Waals surface area contributed by atoms with Gasteiger partial charge in [0.15, 0.2) is 0 Å². The molecule has 0 spiro atoms. The molecular weight excluding hydrogens is 452 g/mol. The topological polar surface area (TPSA) is 104 Å². The van der Waals surface area contributed by atoms with Gasteiger partial charge in [0.2, 0.25) is 10.0 Å². The molecule has 10 heteroatoms. The van der Waals surface area contributed by atoms with E-state index in [0.717, 1.165) is 4.31 Å². The number of aromatic hydroxyl groups is 1. The predicted octanol–water partition coefficient (Wildman–Crippen LogP) is 2.85. The molecule has 1 amide bonds. The molecule has 0 fully saturated rings. The summed E-state index contributed by atoms with van der Waals surface area (Å²) in [6.45, 7) is -0.342. The van der Waals surface area contributed by atoms with Crippen LogP contribution >= 0.6 is 11.3 Å². The molecule has 1 aromatic heterocycles. The summed E-state index contributed by atoms with van der Waals surface area (Å²) >= 11 is 1.26. The molecule has 0 bridgehead atoms. The largest absolute Gasteiger partial charge is 0.508 e. The first-order chi connectivity index (χ1) is 15.3. The number of fused-ring (bicyclic) bond motifs is 1. The summed E-state index contributed by atoms with van der Waals surface area (Å²) in [6, 6.07) is 14.2. The molecule has 0 radical (unpaired) electrons. The Morgan fingerprint density at radius 2 is 1.78 bits per heavy atom. The van der Waals surface area contributed by atoms with Crippen molar-refractivity contribution in [1.29, 1.82) is 0 Å². The monoisotopic (exact) mass is 472 g/mol. The molecule has 0 saturated heterocycles. The molecule has 1 aliphatic heterocycles. The number of esters is 1. The van der Waals surface area contributed by atoms with Gasteiger partial charge in [-0.15, -0.1) is 11.3 Å². The highest BCUT2D eigenvalue weighted by atomic mass is 32.2. The smallest absolute Gasteiger partial charge is 0.326 e. The predicted molar refractivity (Wildman–Crippen MR) is 119 cm³/mol. The standard InChI is InChI=1S/C22H20N2O6S2/c1-30-22(27)19-14-23(21(26)20-7-4-12-31-20)18-6-3-2-5-15(18)13-24(19)32(28,29)17-10-8-16(25)9-11-17/h2-12,19,25H,13-14H2,1H3. The fourth-order valence-corrected chi connectivity index (χ4v) is 5.83. The molecule has 3 aromatic rings. The number of carbonyl (C=O) groups is 2. The zero-order chi connectivity index (χ0) is 22.9. The lowest BCUT2D eigenvalue weighted by atomic mass is 10.1. The number of phenols is 1. The van der Waals surface area contributed by atoms with E-state index in [1.165, 1.54) is 47.6 Å². The minimum atomic E-state index is -4.17. The van der Waals surface area contributed by atoms with E-state index in [1.54, 1.807) is 41.8 Å². The average Bonchev–Trinajstić information content (AvgIpc) is 3.27. The molecule has 32 heavy (non-hydrogen) atoms. The van der Waals surface area contributed by atoms with E-state index in [-0.39, 0.29) is 29.6 Å². The number of amides is 1. The number of benzene rings is 2. The van der Waals surface area contributed by atoms with Crippen molar-refractivity contribution in [3.05, 3.63) is 76.5 Å². The van der Waals surface area contributed by atoms with Gasteiger partial charge < -0.3 is 14.7 Å². The van der Waals surface area contributed by atoms with Gasteiger partial charge in [-0.2, -0.15) is 4.31 Å². The average molecular weight is 473 g/mol. The van der Waals surface area contributed by atoms with Crippen LogP contribution in [0.1, 0.15) is 15.2 Å². The molecule has 0 aliphatic carbocycles. The molecule has 166 valence electrons. The van der Waals surface area contributed by atoms with Crippen LogP contribution in [0.3, 0.4) is 0 Å². The Balaban J connectivity index is 1.84. The molecular formula is C22H20N2O6S2. The van der Waals surface area contributed by atoms with Crippen molar-refractivity contribution in [1.82, 2.24) is 4.31 Å². The van der Waals surface area contributed by atoms with Crippen molar-refractivity contribution < 1.29 is 27.9 Å². The fraction of sp³-hybridized carbons (Fsp3) is 0.182. The summed E-state index contributed by atoms with van der Waals surface area (Å²) in [5.41, 5.74) is 1.11. The lowest BCUT2D eigenvalue weighted by Gasteiger charge is -2.29. The highest BCUT2D eigenvalue weighted by Crippen LogP contribution is 2.33. The van der Waals surface area contributed by atoms with Crippen molar-refractivity contribution in [2.24, 2.45) is 0 Å².